The summed E-state index contributed by atoms with van der Waals surface area (Å²) in [5.41, 5.74) is -0.867. The first-order valence-corrected chi connectivity index (χ1v) is 14.2. The molecule has 2 heterocycles. The Morgan fingerprint density at radius 1 is 1.13 bits per heavy atom. The van der Waals surface area contributed by atoms with Gasteiger partial charge in [0.15, 0.2) is 18.2 Å². The smallest absolute Gasteiger partial charge is 0.358 e. The zero-order valence-corrected chi connectivity index (χ0v) is 23.2. The Balaban J connectivity index is 2.03. The van der Waals surface area contributed by atoms with Gasteiger partial charge in [0, 0.05) is 25.3 Å². The lowest BCUT2D eigenvalue weighted by molar-refractivity contribution is -0.0826. The summed E-state index contributed by atoms with van der Waals surface area (Å²) in [6, 6.07) is 8.21. The summed E-state index contributed by atoms with van der Waals surface area (Å²) in [7, 11) is -2.51. The molecule has 216 valence electrons. The Morgan fingerprint density at radius 3 is 2.41 bits per heavy atom. The summed E-state index contributed by atoms with van der Waals surface area (Å²) in [5, 5.41) is 10.9. The molecule has 2 N–H and O–H groups in total. The van der Waals surface area contributed by atoms with Crippen LogP contribution in [0.15, 0.2) is 46.1 Å². The van der Waals surface area contributed by atoms with E-state index in [2.05, 4.69) is 4.98 Å². The van der Waals surface area contributed by atoms with Crippen LogP contribution in [0.2, 0.25) is 0 Å². The number of aromatic nitrogens is 2. The lowest BCUT2D eigenvalue weighted by Gasteiger charge is -2.27. The number of aromatic amines is 1. The molecule has 1 aromatic heterocycles. The number of nitrogens with one attached hydrogen (secondary N) is 1. The van der Waals surface area contributed by atoms with Gasteiger partial charge in [0.1, 0.15) is 12.2 Å². The normalized spacial score (nSPS) is 22.1. The van der Waals surface area contributed by atoms with Crippen LogP contribution in [0.25, 0.3) is 0 Å². The fourth-order valence-electron chi connectivity index (χ4n) is 4.16. The fourth-order valence-corrected chi connectivity index (χ4v) is 5.76. The van der Waals surface area contributed by atoms with Gasteiger partial charge >= 0.3 is 19.3 Å². The van der Waals surface area contributed by atoms with Gasteiger partial charge < -0.3 is 33.1 Å². The summed E-state index contributed by atoms with van der Waals surface area (Å²) < 4.78 is 47.9. The first kappa shape index (κ1) is 30.9. The molecular formula is C25H35N2O11P. The largest absolute Gasteiger partial charge is 0.453 e. The number of rotatable bonds is 14. The zero-order valence-electron chi connectivity index (χ0n) is 22.3. The number of aryl methyl sites for hydroxylation is 1. The molecule has 1 aliphatic heterocycles. The molecule has 1 aliphatic rings. The van der Waals surface area contributed by atoms with Crippen molar-refractivity contribution in [1.82, 2.24) is 9.55 Å². The second kappa shape index (κ2) is 14.1. The lowest BCUT2D eigenvalue weighted by Crippen LogP contribution is -2.42. The number of carbonyl (C=O) groups excluding carboxylic acids is 1. The maximum absolute atomic E-state index is 13.2. The van der Waals surface area contributed by atoms with E-state index in [0.717, 1.165) is 4.57 Å². The van der Waals surface area contributed by atoms with Crippen molar-refractivity contribution in [3.8, 4) is 0 Å². The number of H-pyrrole nitrogens is 1. The summed E-state index contributed by atoms with van der Waals surface area (Å²) >= 11 is 0. The van der Waals surface area contributed by atoms with E-state index in [0.29, 0.717) is 0 Å². The van der Waals surface area contributed by atoms with Gasteiger partial charge in [0.2, 0.25) is 0 Å². The summed E-state index contributed by atoms with van der Waals surface area (Å²) in [6.45, 7) is 4.99. The Labute approximate surface area is 225 Å². The van der Waals surface area contributed by atoms with Crippen LogP contribution >= 0.6 is 7.60 Å². The van der Waals surface area contributed by atoms with Crippen molar-refractivity contribution in [3.63, 3.8) is 0 Å². The first-order valence-electron chi connectivity index (χ1n) is 12.6. The molecule has 0 saturated carbocycles. The highest BCUT2D eigenvalue weighted by molar-refractivity contribution is 7.54. The molecule has 14 heteroatoms. The molecule has 5 atom stereocenters. The molecule has 0 amide bonds. The molecule has 1 aromatic carbocycles. The number of hydrogen-bond donors (Lipinski definition) is 2. The average molecular weight is 571 g/mol. The van der Waals surface area contributed by atoms with Gasteiger partial charge in [0.25, 0.3) is 5.56 Å². The van der Waals surface area contributed by atoms with E-state index in [1.165, 1.54) is 20.2 Å². The molecule has 1 unspecified atom stereocenters. The molecule has 3 rings (SSSR count). The molecule has 1 fully saturated rings. The van der Waals surface area contributed by atoms with Crippen LogP contribution < -0.4 is 11.2 Å². The highest BCUT2D eigenvalue weighted by Gasteiger charge is 2.51. The summed E-state index contributed by atoms with van der Waals surface area (Å²) in [5.74, 6) is -2.35. The predicted molar refractivity (Wildman–Crippen MR) is 139 cm³/mol. The van der Waals surface area contributed by atoms with Crippen molar-refractivity contribution in [2.75, 3.05) is 33.5 Å². The van der Waals surface area contributed by atoms with Gasteiger partial charge in [0.05, 0.1) is 32.0 Å². The number of esters is 1. The van der Waals surface area contributed by atoms with Crippen LogP contribution in [0.4, 0.5) is 0 Å². The standard InChI is InChI=1S/C25H35N2O11P/c1-5-35-39(32,36-6-2)19(28)14-18-20(38-24(30)17-10-8-7-9-11-17)21(34-13-12-33-4)23(37-18)27-15-16(3)22(29)26-25(27)31/h7-11,15,18-21,23,28H,5-6,12-14H2,1-4H3,(H,26,29,31)/t18-,19?,20-,21-,23-/m1/s1. The predicted octanol–water partition coefficient (Wildman–Crippen LogP) is 1.97. The second-order valence-electron chi connectivity index (χ2n) is 8.70. The SMILES string of the molecule is CCOP(=O)(OCC)C(O)C[C@H]1O[C@@H](n2cc(C)c(=O)[nH]c2=O)[C@H](OCCOC)[C@@H]1OC(=O)c1ccccc1. The molecule has 0 spiro atoms. The molecule has 13 nitrogen and oxygen atoms in total. The maximum atomic E-state index is 13.2. The molecule has 0 radical (unpaired) electrons. The van der Waals surface area contributed by atoms with Crippen LogP contribution in [0, 0.1) is 6.92 Å². The van der Waals surface area contributed by atoms with E-state index in [4.69, 9.17) is 28.0 Å². The van der Waals surface area contributed by atoms with Crippen LogP contribution in [0.5, 0.6) is 0 Å². The minimum atomic E-state index is -3.98. The van der Waals surface area contributed by atoms with Crippen LogP contribution in [-0.4, -0.2) is 78.3 Å². The molecule has 1 saturated heterocycles. The number of nitrogens with zero attached hydrogens (tertiary/aromatic N) is 1. The van der Waals surface area contributed by atoms with Gasteiger partial charge in [-0.3, -0.25) is 18.9 Å². The van der Waals surface area contributed by atoms with Gasteiger partial charge in [-0.1, -0.05) is 18.2 Å². The minimum absolute atomic E-state index is 0.0176. The highest BCUT2D eigenvalue weighted by Crippen LogP contribution is 2.54. The molecule has 0 bridgehead atoms. The zero-order chi connectivity index (χ0) is 28.6. The third-order valence-electron chi connectivity index (χ3n) is 5.98. The topological polar surface area (TPSA) is 165 Å². The molecule has 2 aromatic rings. The molecule has 0 aliphatic carbocycles. The lowest BCUT2D eigenvalue weighted by atomic mass is 10.1. The van der Waals surface area contributed by atoms with Crippen LogP contribution in [0.1, 0.15) is 42.4 Å². The molecule has 39 heavy (non-hydrogen) atoms. The van der Waals surface area contributed by atoms with E-state index in [1.54, 1.807) is 44.2 Å². The van der Waals surface area contributed by atoms with E-state index in [-0.39, 0.29) is 44.0 Å². The highest BCUT2D eigenvalue weighted by atomic mass is 31.2. The maximum Gasteiger partial charge on any atom is 0.358 e. The van der Waals surface area contributed by atoms with E-state index in [1.807, 2.05) is 0 Å². The molecular weight excluding hydrogens is 535 g/mol. The van der Waals surface area contributed by atoms with Gasteiger partial charge in [-0.25, -0.2) is 9.59 Å². The van der Waals surface area contributed by atoms with E-state index < -0.39 is 55.2 Å². The van der Waals surface area contributed by atoms with Gasteiger partial charge in [-0.2, -0.15) is 0 Å². The van der Waals surface area contributed by atoms with Crippen molar-refractivity contribution >= 4 is 13.6 Å². The number of ether oxygens (including phenoxy) is 4. The van der Waals surface area contributed by atoms with E-state index >= 15 is 0 Å². The quantitative estimate of drug-likeness (QED) is 0.194. The number of aliphatic hydroxyl groups is 1. The Morgan fingerprint density at radius 2 is 1.79 bits per heavy atom. The number of hydrogen-bond acceptors (Lipinski definition) is 11. The van der Waals surface area contributed by atoms with Crippen molar-refractivity contribution in [1.29, 1.82) is 0 Å². The van der Waals surface area contributed by atoms with Gasteiger partial charge in [-0.05, 0) is 32.9 Å². The van der Waals surface area contributed by atoms with Gasteiger partial charge in [-0.15, -0.1) is 0 Å². The Bertz CT molecular complexity index is 1240. The number of carbonyl (C=O) groups is 1. The third kappa shape index (κ3) is 7.52. The van der Waals surface area contributed by atoms with Crippen molar-refractivity contribution < 1.29 is 42.5 Å². The number of methoxy groups -OCH3 is 1. The summed E-state index contributed by atoms with van der Waals surface area (Å²) in [4.78, 5) is 40.1. The average Bonchev–Trinajstić information content (AvgIpc) is 3.23. The minimum Gasteiger partial charge on any atom is -0.453 e. The van der Waals surface area contributed by atoms with E-state index in [9.17, 15) is 24.1 Å². The van der Waals surface area contributed by atoms with Crippen LogP contribution in [-0.2, 0) is 32.6 Å². The fraction of sp³-hybridized carbons (Fsp3) is 0.560. The first-order chi connectivity index (χ1) is 18.6. The van der Waals surface area contributed by atoms with Crippen molar-refractivity contribution in [2.24, 2.45) is 0 Å². The Hall–Kier alpha value is -2.64. The van der Waals surface area contributed by atoms with Crippen molar-refractivity contribution in [2.45, 2.75) is 57.6 Å². The van der Waals surface area contributed by atoms with Crippen molar-refractivity contribution in [3.05, 3.63) is 68.5 Å². The summed E-state index contributed by atoms with van der Waals surface area (Å²) in [6.07, 6.45) is -3.59. The van der Waals surface area contributed by atoms with Crippen LogP contribution in [0.3, 0.4) is 0 Å². The number of aliphatic hydroxyl groups excluding tert-OH is 1. The third-order valence-corrected chi connectivity index (χ3v) is 8.16. The monoisotopic (exact) mass is 570 g/mol. The Kier molecular flexibility index (Phi) is 11.2. The second-order valence-corrected chi connectivity index (χ2v) is 10.9. The number of benzene rings is 1.